The number of aldehydes is 2. The van der Waals surface area contributed by atoms with Gasteiger partial charge in [0.05, 0.1) is 11.4 Å². The number of rotatable bonds is 5. The average Bonchev–Trinajstić information content (AvgIpc) is 3.13. The van der Waals surface area contributed by atoms with E-state index in [1.807, 2.05) is 60.7 Å². The van der Waals surface area contributed by atoms with Gasteiger partial charge in [-0.3, -0.25) is 19.2 Å². The van der Waals surface area contributed by atoms with Crippen molar-refractivity contribution >= 4 is 12.6 Å². The standard InChI is InChI=1S/C29H22N2O4/c1-30-23-11-7-3-5-9-21(23)26(28(30)34)25(20-14-18(16-32)13-19(15-20)17-33)27-22-10-6-4-8-12-24(22)31(2)29(27)35/h3-17,25H,1-2H3. The maximum absolute atomic E-state index is 13.7. The van der Waals surface area contributed by atoms with Crippen molar-refractivity contribution < 1.29 is 9.59 Å². The molecular weight excluding hydrogens is 440 g/mol. The van der Waals surface area contributed by atoms with Crippen molar-refractivity contribution in [2.75, 3.05) is 0 Å². The highest BCUT2D eigenvalue weighted by molar-refractivity contribution is 5.83. The first-order valence-electron chi connectivity index (χ1n) is 11.2. The molecule has 0 amide bonds. The van der Waals surface area contributed by atoms with Gasteiger partial charge in [0.1, 0.15) is 12.6 Å². The Hall–Kier alpha value is -4.58. The lowest BCUT2D eigenvalue weighted by atomic mass is 9.82. The topological polar surface area (TPSA) is 78.1 Å². The van der Waals surface area contributed by atoms with Crippen molar-refractivity contribution in [2.24, 2.45) is 14.1 Å². The highest BCUT2D eigenvalue weighted by Gasteiger charge is 2.33. The molecule has 0 saturated carbocycles. The second kappa shape index (κ2) is 8.65. The van der Waals surface area contributed by atoms with Crippen LogP contribution in [0.25, 0.3) is 22.5 Å². The number of fused-ring (bicyclic) bond motifs is 2. The van der Waals surface area contributed by atoms with Crippen LogP contribution < -0.4 is 11.1 Å². The summed E-state index contributed by atoms with van der Waals surface area (Å²) in [6.45, 7) is 0. The van der Waals surface area contributed by atoms with Crippen molar-refractivity contribution in [1.29, 1.82) is 0 Å². The van der Waals surface area contributed by atoms with E-state index in [0.717, 1.165) is 11.4 Å². The van der Waals surface area contributed by atoms with Gasteiger partial charge in [0.15, 0.2) is 0 Å². The van der Waals surface area contributed by atoms with Crippen LogP contribution in [0.3, 0.4) is 0 Å². The Bertz CT molecular complexity index is 1540. The molecule has 0 saturated heterocycles. The van der Waals surface area contributed by atoms with E-state index in [1.54, 1.807) is 35.4 Å². The number of hydrogen-bond donors (Lipinski definition) is 0. The third kappa shape index (κ3) is 3.51. The largest absolute Gasteiger partial charge is 0.311 e. The maximum Gasteiger partial charge on any atom is 0.255 e. The van der Waals surface area contributed by atoms with Gasteiger partial charge < -0.3 is 9.13 Å². The third-order valence-corrected chi connectivity index (χ3v) is 6.59. The number of aromatic nitrogens is 2. The minimum Gasteiger partial charge on any atom is -0.311 e. The van der Waals surface area contributed by atoms with E-state index in [0.29, 0.717) is 51.5 Å². The molecule has 0 fully saturated rings. The van der Waals surface area contributed by atoms with E-state index in [1.165, 1.54) is 6.07 Å². The van der Waals surface area contributed by atoms with Gasteiger partial charge in [-0.15, -0.1) is 0 Å². The minimum atomic E-state index is -0.800. The van der Waals surface area contributed by atoms with Gasteiger partial charge >= 0.3 is 0 Å². The lowest BCUT2D eigenvalue weighted by Gasteiger charge is -2.18. The summed E-state index contributed by atoms with van der Waals surface area (Å²) >= 11 is 0. The molecule has 1 aromatic carbocycles. The normalized spacial score (nSPS) is 11.3. The van der Waals surface area contributed by atoms with Crippen molar-refractivity contribution in [2.45, 2.75) is 5.92 Å². The summed E-state index contributed by atoms with van der Waals surface area (Å²) in [5, 5.41) is 0. The fraction of sp³-hybridized carbons (Fsp3) is 0.103. The SMILES string of the molecule is Cn1c2cccccc-2c(C(c2cc(C=O)cc(C=O)c2)c2c3cccccc-3n(C)c2=O)c1=O. The number of benzene rings is 1. The van der Waals surface area contributed by atoms with Crippen LogP contribution in [0.4, 0.5) is 0 Å². The van der Waals surface area contributed by atoms with E-state index in [9.17, 15) is 19.2 Å². The summed E-state index contributed by atoms with van der Waals surface area (Å²) in [6, 6.07) is 23.4. The first-order valence-corrected chi connectivity index (χ1v) is 11.2. The van der Waals surface area contributed by atoms with Gasteiger partial charge in [-0.2, -0.15) is 0 Å². The second-order valence-corrected chi connectivity index (χ2v) is 8.58. The van der Waals surface area contributed by atoms with Crippen molar-refractivity contribution in [3.63, 3.8) is 0 Å². The predicted molar refractivity (Wildman–Crippen MR) is 135 cm³/mol. The number of carbonyl (C=O) groups excluding carboxylic acids is 2. The number of hydrogen-bond acceptors (Lipinski definition) is 4. The lowest BCUT2D eigenvalue weighted by molar-refractivity contribution is 0.112. The van der Waals surface area contributed by atoms with Crippen molar-refractivity contribution in [1.82, 2.24) is 9.13 Å². The third-order valence-electron chi connectivity index (χ3n) is 6.59. The summed E-state index contributed by atoms with van der Waals surface area (Å²) < 4.78 is 3.13. The highest BCUT2D eigenvalue weighted by atomic mass is 16.1. The van der Waals surface area contributed by atoms with Gasteiger partial charge in [0.2, 0.25) is 0 Å². The first kappa shape index (κ1) is 22.2. The zero-order valence-corrected chi connectivity index (χ0v) is 19.3. The molecule has 2 heterocycles. The molecule has 1 aromatic rings. The zero-order valence-electron chi connectivity index (χ0n) is 19.3. The van der Waals surface area contributed by atoms with E-state index >= 15 is 0 Å². The molecular formula is C29H22N2O4. The molecule has 2 aliphatic heterocycles. The Labute approximate surface area is 201 Å². The molecule has 0 N–H and O–H groups in total. The Morgan fingerprint density at radius 2 is 1.06 bits per heavy atom. The monoisotopic (exact) mass is 462 g/mol. The van der Waals surface area contributed by atoms with Crippen LogP contribution in [-0.4, -0.2) is 21.7 Å². The van der Waals surface area contributed by atoms with Crippen molar-refractivity contribution in [3.05, 3.63) is 127 Å². The molecule has 35 heavy (non-hydrogen) atoms. The van der Waals surface area contributed by atoms with Gasteiger partial charge in [-0.05, 0) is 35.9 Å². The predicted octanol–water partition coefficient (Wildman–Crippen LogP) is 4.10. The van der Waals surface area contributed by atoms with E-state index in [2.05, 4.69) is 0 Å². The van der Waals surface area contributed by atoms with E-state index < -0.39 is 5.92 Å². The zero-order chi connectivity index (χ0) is 24.7. The second-order valence-electron chi connectivity index (χ2n) is 8.58. The summed E-state index contributed by atoms with van der Waals surface area (Å²) in [7, 11) is 3.40. The Kier molecular flexibility index (Phi) is 5.49. The van der Waals surface area contributed by atoms with Crippen LogP contribution in [0, 0.1) is 0 Å². The smallest absolute Gasteiger partial charge is 0.255 e. The number of nitrogens with zero attached hydrogens (tertiary/aromatic N) is 2. The fourth-order valence-corrected chi connectivity index (χ4v) is 4.97. The Morgan fingerprint density at radius 1 is 0.629 bits per heavy atom. The molecule has 0 bridgehead atoms. The summed E-state index contributed by atoms with van der Waals surface area (Å²) in [5.74, 6) is -0.800. The minimum absolute atomic E-state index is 0.239. The number of carbonyl (C=O) groups is 2. The van der Waals surface area contributed by atoms with Crippen LogP contribution in [0.1, 0.15) is 43.3 Å². The molecule has 0 aromatic heterocycles. The Morgan fingerprint density at radius 3 is 1.49 bits per heavy atom. The summed E-state index contributed by atoms with van der Waals surface area (Å²) in [6.07, 6.45) is 1.33. The maximum atomic E-state index is 13.7. The molecule has 6 nitrogen and oxygen atoms in total. The molecule has 172 valence electrons. The van der Waals surface area contributed by atoms with Gasteiger partial charge in [0.25, 0.3) is 11.1 Å². The van der Waals surface area contributed by atoms with Gasteiger partial charge in [-0.25, -0.2) is 0 Å². The molecule has 0 spiro atoms. The van der Waals surface area contributed by atoms with E-state index in [-0.39, 0.29) is 11.1 Å². The summed E-state index contributed by atoms with van der Waals surface area (Å²) in [4.78, 5) is 50.9. The van der Waals surface area contributed by atoms with Gasteiger partial charge in [-0.1, -0.05) is 48.5 Å². The van der Waals surface area contributed by atoms with Gasteiger partial charge in [0, 0.05) is 53.4 Å². The molecule has 0 atom stereocenters. The van der Waals surface area contributed by atoms with Crippen LogP contribution in [0.5, 0.6) is 0 Å². The molecule has 4 aliphatic rings. The highest BCUT2D eigenvalue weighted by Crippen LogP contribution is 2.40. The lowest BCUT2D eigenvalue weighted by Crippen LogP contribution is -2.23. The quantitative estimate of drug-likeness (QED) is 0.369. The summed E-state index contributed by atoms with van der Waals surface area (Å²) in [5.41, 5.74) is 4.35. The molecule has 2 aliphatic carbocycles. The molecule has 6 heteroatoms. The molecule has 5 rings (SSSR count). The van der Waals surface area contributed by atoms with Crippen LogP contribution in [-0.2, 0) is 14.1 Å². The fourth-order valence-electron chi connectivity index (χ4n) is 4.97. The average molecular weight is 463 g/mol. The molecule has 0 radical (unpaired) electrons. The van der Waals surface area contributed by atoms with E-state index in [4.69, 9.17) is 0 Å². The van der Waals surface area contributed by atoms with Crippen LogP contribution >= 0.6 is 0 Å². The molecule has 0 unspecified atom stereocenters. The van der Waals surface area contributed by atoms with Crippen LogP contribution in [0.15, 0.2) is 88.5 Å². The van der Waals surface area contributed by atoms with Crippen LogP contribution in [0.2, 0.25) is 0 Å². The van der Waals surface area contributed by atoms with Crippen molar-refractivity contribution in [3.8, 4) is 22.5 Å². The first-order chi connectivity index (χ1) is 17.0. The Balaban J connectivity index is 1.96.